The van der Waals surface area contributed by atoms with Crippen LogP contribution < -0.4 is 4.74 Å². The molecule has 4 heteroatoms. The quantitative estimate of drug-likeness (QED) is 0.798. The van der Waals surface area contributed by atoms with E-state index in [1.54, 1.807) is 0 Å². The number of benzene rings is 1. The highest BCUT2D eigenvalue weighted by atomic mass is 16.5. The Labute approximate surface area is 127 Å². The Morgan fingerprint density at radius 2 is 2.05 bits per heavy atom. The minimum Gasteiger partial charge on any atom is -0.492 e. The molecule has 1 N–H and O–H groups in total. The zero-order valence-electron chi connectivity index (χ0n) is 13.1. The molecular formula is C17H27NO3. The number of rotatable bonds is 8. The van der Waals surface area contributed by atoms with Crippen LogP contribution in [0.1, 0.15) is 26.7 Å². The van der Waals surface area contributed by atoms with E-state index < -0.39 is 6.10 Å². The van der Waals surface area contributed by atoms with Gasteiger partial charge in [-0.1, -0.05) is 18.2 Å². The van der Waals surface area contributed by atoms with Crippen LogP contribution in [0.4, 0.5) is 0 Å². The molecule has 2 rings (SSSR count). The van der Waals surface area contributed by atoms with Gasteiger partial charge >= 0.3 is 0 Å². The van der Waals surface area contributed by atoms with Crippen molar-refractivity contribution >= 4 is 0 Å². The molecule has 1 aromatic rings. The molecule has 0 amide bonds. The summed E-state index contributed by atoms with van der Waals surface area (Å²) in [5.74, 6) is 0.910. The SMILES string of the molecule is CC(C)OCC(O)CN1CCCC1COc1ccccc1. The van der Waals surface area contributed by atoms with Gasteiger partial charge in [-0.2, -0.15) is 0 Å². The van der Waals surface area contributed by atoms with Gasteiger partial charge in [0.15, 0.2) is 0 Å². The van der Waals surface area contributed by atoms with Gasteiger partial charge in [-0.25, -0.2) is 0 Å². The van der Waals surface area contributed by atoms with Crippen molar-refractivity contribution < 1.29 is 14.6 Å². The van der Waals surface area contributed by atoms with Crippen LogP contribution in [0.5, 0.6) is 5.75 Å². The minimum absolute atomic E-state index is 0.162. The summed E-state index contributed by atoms with van der Waals surface area (Å²) < 4.78 is 11.3. The lowest BCUT2D eigenvalue weighted by atomic mass is 10.2. The van der Waals surface area contributed by atoms with Crippen molar-refractivity contribution in [1.29, 1.82) is 0 Å². The Balaban J connectivity index is 1.75. The van der Waals surface area contributed by atoms with E-state index in [4.69, 9.17) is 9.47 Å². The predicted molar refractivity (Wildman–Crippen MR) is 83.6 cm³/mol. The van der Waals surface area contributed by atoms with Crippen LogP contribution in [0.25, 0.3) is 0 Å². The van der Waals surface area contributed by atoms with Crippen LogP contribution in [0, 0.1) is 0 Å². The lowest BCUT2D eigenvalue weighted by Gasteiger charge is -2.27. The molecular weight excluding hydrogens is 266 g/mol. The van der Waals surface area contributed by atoms with Crippen molar-refractivity contribution in [2.24, 2.45) is 0 Å². The zero-order valence-corrected chi connectivity index (χ0v) is 13.1. The third-order valence-electron chi connectivity index (χ3n) is 3.75. The molecule has 0 spiro atoms. The number of β-amino-alcohol motifs (C(OH)–C–C–N with tert-alkyl or cyclic N) is 1. The van der Waals surface area contributed by atoms with Gasteiger partial charge in [-0.3, -0.25) is 4.90 Å². The van der Waals surface area contributed by atoms with Crippen molar-refractivity contribution in [3.63, 3.8) is 0 Å². The monoisotopic (exact) mass is 293 g/mol. The molecule has 4 nitrogen and oxygen atoms in total. The Kier molecular flexibility index (Phi) is 6.49. The fourth-order valence-electron chi connectivity index (χ4n) is 2.66. The summed E-state index contributed by atoms with van der Waals surface area (Å²) in [5.41, 5.74) is 0. The lowest BCUT2D eigenvalue weighted by Crippen LogP contribution is -2.41. The minimum atomic E-state index is -0.426. The van der Waals surface area contributed by atoms with E-state index in [1.807, 2.05) is 44.2 Å². The Morgan fingerprint density at radius 1 is 1.29 bits per heavy atom. The van der Waals surface area contributed by atoms with E-state index in [-0.39, 0.29) is 6.10 Å². The van der Waals surface area contributed by atoms with Gasteiger partial charge in [-0.05, 0) is 45.4 Å². The average molecular weight is 293 g/mol. The number of ether oxygens (including phenoxy) is 2. The Morgan fingerprint density at radius 3 is 2.76 bits per heavy atom. The first-order valence-electron chi connectivity index (χ1n) is 7.86. The lowest BCUT2D eigenvalue weighted by molar-refractivity contribution is -0.0121. The van der Waals surface area contributed by atoms with Gasteiger partial charge in [0.1, 0.15) is 12.4 Å². The average Bonchev–Trinajstić information content (AvgIpc) is 2.91. The maximum Gasteiger partial charge on any atom is 0.119 e. The maximum absolute atomic E-state index is 10.1. The van der Waals surface area contributed by atoms with Gasteiger partial charge in [0.25, 0.3) is 0 Å². The van der Waals surface area contributed by atoms with E-state index in [0.717, 1.165) is 18.7 Å². The normalized spacial score (nSPS) is 20.9. The van der Waals surface area contributed by atoms with E-state index in [0.29, 0.717) is 25.8 Å². The largest absolute Gasteiger partial charge is 0.492 e. The highest BCUT2D eigenvalue weighted by Crippen LogP contribution is 2.19. The van der Waals surface area contributed by atoms with Crippen LogP contribution in [0.2, 0.25) is 0 Å². The molecule has 1 aliphatic rings. The summed E-state index contributed by atoms with van der Waals surface area (Å²) in [6.07, 6.45) is 2.03. The highest BCUT2D eigenvalue weighted by Gasteiger charge is 2.26. The third-order valence-corrected chi connectivity index (χ3v) is 3.75. The van der Waals surface area contributed by atoms with Crippen molar-refractivity contribution in [3.8, 4) is 5.75 Å². The molecule has 0 bridgehead atoms. The van der Waals surface area contributed by atoms with Crippen molar-refractivity contribution in [3.05, 3.63) is 30.3 Å². The molecule has 0 aromatic heterocycles. The number of hydrogen-bond donors (Lipinski definition) is 1. The summed E-state index contributed by atoms with van der Waals surface area (Å²) >= 11 is 0. The van der Waals surface area contributed by atoms with Crippen LogP contribution in [-0.2, 0) is 4.74 Å². The molecule has 0 radical (unpaired) electrons. The molecule has 1 aliphatic heterocycles. The van der Waals surface area contributed by atoms with Crippen LogP contribution in [0.3, 0.4) is 0 Å². The number of likely N-dealkylation sites (tertiary alicyclic amines) is 1. The number of para-hydroxylation sites is 1. The third kappa shape index (κ3) is 5.65. The van der Waals surface area contributed by atoms with E-state index in [2.05, 4.69) is 4.90 Å². The highest BCUT2D eigenvalue weighted by molar-refractivity contribution is 5.20. The number of aliphatic hydroxyl groups is 1. The number of nitrogens with zero attached hydrogens (tertiary/aromatic N) is 1. The van der Waals surface area contributed by atoms with Gasteiger partial charge in [0.2, 0.25) is 0 Å². The summed E-state index contributed by atoms with van der Waals surface area (Å²) in [6.45, 7) is 6.75. The first kappa shape index (κ1) is 16.3. The topological polar surface area (TPSA) is 41.9 Å². The Bertz CT molecular complexity index is 396. The maximum atomic E-state index is 10.1. The van der Waals surface area contributed by atoms with Crippen LogP contribution in [-0.4, -0.2) is 54.6 Å². The molecule has 1 fully saturated rings. The molecule has 2 atom stereocenters. The molecule has 1 heterocycles. The summed E-state index contributed by atoms with van der Waals surface area (Å²) in [4.78, 5) is 2.32. The van der Waals surface area contributed by atoms with Gasteiger partial charge in [-0.15, -0.1) is 0 Å². The van der Waals surface area contributed by atoms with Crippen LogP contribution in [0.15, 0.2) is 30.3 Å². The van der Waals surface area contributed by atoms with Crippen molar-refractivity contribution in [2.75, 3.05) is 26.3 Å². The van der Waals surface area contributed by atoms with E-state index >= 15 is 0 Å². The standard InChI is InChI=1S/C17H27NO3/c1-14(2)20-13-16(19)11-18-10-6-7-15(18)12-21-17-8-4-3-5-9-17/h3-5,8-9,14-16,19H,6-7,10-13H2,1-2H3. The summed E-state index contributed by atoms with van der Waals surface area (Å²) in [6, 6.07) is 10.3. The first-order chi connectivity index (χ1) is 10.1. The fraction of sp³-hybridized carbons (Fsp3) is 0.647. The second-order valence-electron chi connectivity index (χ2n) is 5.95. The molecule has 0 saturated carbocycles. The number of aliphatic hydroxyl groups excluding tert-OH is 1. The first-order valence-corrected chi connectivity index (χ1v) is 7.86. The van der Waals surface area contributed by atoms with Crippen LogP contribution >= 0.6 is 0 Å². The molecule has 2 unspecified atom stereocenters. The fourth-order valence-corrected chi connectivity index (χ4v) is 2.66. The van der Waals surface area contributed by atoms with Gasteiger partial charge in [0.05, 0.1) is 18.8 Å². The number of hydrogen-bond acceptors (Lipinski definition) is 4. The summed E-state index contributed by atoms with van der Waals surface area (Å²) in [7, 11) is 0. The van der Waals surface area contributed by atoms with Crippen molar-refractivity contribution in [2.45, 2.75) is 44.9 Å². The molecule has 1 saturated heterocycles. The smallest absolute Gasteiger partial charge is 0.119 e. The predicted octanol–water partition coefficient (Wildman–Crippen LogP) is 2.32. The second kappa shape index (κ2) is 8.37. The molecule has 21 heavy (non-hydrogen) atoms. The van der Waals surface area contributed by atoms with Gasteiger partial charge in [0, 0.05) is 12.6 Å². The Hall–Kier alpha value is -1.10. The second-order valence-corrected chi connectivity index (χ2v) is 5.95. The van der Waals surface area contributed by atoms with Crippen molar-refractivity contribution in [1.82, 2.24) is 4.90 Å². The summed E-state index contributed by atoms with van der Waals surface area (Å²) in [5, 5.41) is 10.1. The molecule has 1 aromatic carbocycles. The van der Waals surface area contributed by atoms with E-state index in [9.17, 15) is 5.11 Å². The molecule has 118 valence electrons. The molecule has 0 aliphatic carbocycles. The van der Waals surface area contributed by atoms with Gasteiger partial charge < -0.3 is 14.6 Å². The van der Waals surface area contributed by atoms with E-state index in [1.165, 1.54) is 6.42 Å². The zero-order chi connectivity index (χ0) is 15.1.